The summed E-state index contributed by atoms with van der Waals surface area (Å²) in [7, 11) is 0. The quantitative estimate of drug-likeness (QED) is 0.352. The van der Waals surface area contributed by atoms with Gasteiger partial charge in [-0.1, -0.05) is 13.8 Å². The lowest BCUT2D eigenvalue weighted by molar-refractivity contribution is -0.160. The fourth-order valence-electron chi connectivity index (χ4n) is 3.74. The first-order valence-electron chi connectivity index (χ1n) is 10.2. The van der Waals surface area contributed by atoms with Crippen molar-refractivity contribution in [3.05, 3.63) is 56.9 Å². The number of nitrogens with one attached hydrogen (secondary N) is 2. The maximum Gasteiger partial charge on any atom is 0.182 e. The Morgan fingerprint density at radius 1 is 1.10 bits per heavy atom. The predicted octanol–water partition coefficient (Wildman–Crippen LogP) is 4.27. The molecule has 0 aromatic heterocycles. The molecule has 0 aliphatic carbocycles. The van der Waals surface area contributed by atoms with Crippen LogP contribution in [0, 0.1) is 21.0 Å². The Balaban J connectivity index is 1.76. The van der Waals surface area contributed by atoms with Gasteiger partial charge in [0, 0.05) is 34.8 Å². The third-order valence-electron chi connectivity index (χ3n) is 5.64. The molecular weight excluding hydrogens is 522 g/mol. The first-order chi connectivity index (χ1) is 14.7. The zero-order valence-corrected chi connectivity index (χ0v) is 19.6. The van der Waals surface area contributed by atoms with Crippen LogP contribution in [0.1, 0.15) is 38.5 Å². The summed E-state index contributed by atoms with van der Waals surface area (Å²) in [6.07, 6.45) is 0.591. The minimum absolute atomic E-state index is 0.0344. The van der Waals surface area contributed by atoms with Gasteiger partial charge in [0.15, 0.2) is 11.6 Å². The van der Waals surface area contributed by atoms with Crippen LogP contribution in [-0.4, -0.2) is 46.4 Å². The summed E-state index contributed by atoms with van der Waals surface area (Å²) >= 11 is 1.94. The van der Waals surface area contributed by atoms with Gasteiger partial charge in [0.1, 0.15) is 17.6 Å². The lowest BCUT2D eigenvalue weighted by Crippen LogP contribution is -2.67. The highest BCUT2D eigenvalue weighted by atomic mass is 127. The van der Waals surface area contributed by atoms with Crippen LogP contribution in [-0.2, 0) is 0 Å². The number of anilines is 2. The summed E-state index contributed by atoms with van der Waals surface area (Å²) in [5.74, 6) is -2.94. The van der Waals surface area contributed by atoms with E-state index < -0.39 is 29.3 Å². The summed E-state index contributed by atoms with van der Waals surface area (Å²) in [6, 6.07) is 6.79. The highest BCUT2D eigenvalue weighted by Gasteiger charge is 2.44. The standard InChI is InChI=1S/C22H27F3IN3O2/c1-3-14(4-2)27-10-22(31)11-29(12-22)21(30)15-6-7-16(23)19(25)20(15)28-18-8-5-13(26)9-17(18)24/h5-9,14,21,27-28,30-31H,3-4,10-12H2,1-2H3. The number of benzene rings is 2. The van der Waals surface area contributed by atoms with Crippen LogP contribution < -0.4 is 10.6 Å². The van der Waals surface area contributed by atoms with E-state index in [0.29, 0.717) is 16.2 Å². The highest BCUT2D eigenvalue weighted by molar-refractivity contribution is 14.1. The summed E-state index contributed by atoms with van der Waals surface area (Å²) in [5, 5.41) is 27.4. The molecule has 3 rings (SSSR count). The van der Waals surface area contributed by atoms with Crippen molar-refractivity contribution >= 4 is 34.0 Å². The van der Waals surface area contributed by atoms with Crippen LogP contribution in [0.5, 0.6) is 0 Å². The van der Waals surface area contributed by atoms with Crippen molar-refractivity contribution in [2.75, 3.05) is 25.0 Å². The van der Waals surface area contributed by atoms with Crippen molar-refractivity contribution < 1.29 is 23.4 Å². The zero-order valence-electron chi connectivity index (χ0n) is 17.4. The molecule has 1 saturated heterocycles. The number of aliphatic hydroxyl groups is 2. The van der Waals surface area contributed by atoms with Crippen LogP contribution >= 0.6 is 22.6 Å². The van der Waals surface area contributed by atoms with Gasteiger partial charge in [-0.15, -0.1) is 0 Å². The summed E-state index contributed by atoms with van der Waals surface area (Å²) in [5.41, 5.74) is -1.32. The molecule has 1 aliphatic rings. The Hall–Kier alpha value is -1.40. The van der Waals surface area contributed by atoms with Crippen molar-refractivity contribution in [2.24, 2.45) is 0 Å². The Bertz CT molecular complexity index is 921. The monoisotopic (exact) mass is 549 g/mol. The van der Waals surface area contributed by atoms with E-state index in [1.54, 1.807) is 11.0 Å². The van der Waals surface area contributed by atoms with Gasteiger partial charge in [-0.25, -0.2) is 13.2 Å². The molecule has 170 valence electrons. The first-order valence-corrected chi connectivity index (χ1v) is 11.3. The lowest BCUT2D eigenvalue weighted by atomic mass is 9.91. The van der Waals surface area contributed by atoms with E-state index >= 15 is 0 Å². The Labute approximate surface area is 193 Å². The average molecular weight is 549 g/mol. The molecule has 0 spiro atoms. The molecule has 4 N–H and O–H groups in total. The molecule has 31 heavy (non-hydrogen) atoms. The number of nitrogens with zero attached hydrogens (tertiary/aromatic N) is 1. The van der Waals surface area contributed by atoms with Gasteiger partial charge in [0.2, 0.25) is 0 Å². The Morgan fingerprint density at radius 3 is 2.39 bits per heavy atom. The molecule has 0 saturated carbocycles. The van der Waals surface area contributed by atoms with E-state index in [4.69, 9.17) is 0 Å². The molecule has 5 nitrogen and oxygen atoms in total. The molecule has 0 radical (unpaired) electrons. The van der Waals surface area contributed by atoms with Crippen molar-refractivity contribution in [3.8, 4) is 0 Å². The van der Waals surface area contributed by atoms with Gasteiger partial charge in [-0.05, 0) is 65.8 Å². The summed E-state index contributed by atoms with van der Waals surface area (Å²) in [6.45, 7) is 4.83. The average Bonchev–Trinajstić information content (AvgIpc) is 2.71. The van der Waals surface area contributed by atoms with E-state index in [2.05, 4.69) is 24.5 Å². The minimum Gasteiger partial charge on any atom is -0.386 e. The number of likely N-dealkylation sites (tertiary alicyclic amines) is 1. The number of aliphatic hydroxyl groups excluding tert-OH is 1. The van der Waals surface area contributed by atoms with Crippen LogP contribution in [0.3, 0.4) is 0 Å². The number of halogens is 4. The first kappa shape index (κ1) is 24.2. The molecular formula is C22H27F3IN3O2. The minimum atomic E-state index is -1.29. The third-order valence-corrected chi connectivity index (χ3v) is 6.31. The maximum atomic E-state index is 14.6. The largest absolute Gasteiger partial charge is 0.386 e. The highest BCUT2D eigenvalue weighted by Crippen LogP contribution is 2.36. The molecule has 1 fully saturated rings. The van der Waals surface area contributed by atoms with Gasteiger partial charge in [0.05, 0.1) is 11.4 Å². The van der Waals surface area contributed by atoms with E-state index in [1.165, 1.54) is 18.2 Å². The Kier molecular flexibility index (Phi) is 7.85. The molecule has 0 amide bonds. The van der Waals surface area contributed by atoms with Crippen molar-refractivity contribution in [3.63, 3.8) is 0 Å². The summed E-state index contributed by atoms with van der Waals surface area (Å²) in [4.78, 5) is 1.55. The van der Waals surface area contributed by atoms with Crippen molar-refractivity contribution in [1.29, 1.82) is 0 Å². The third kappa shape index (κ3) is 5.51. The molecule has 2 aromatic carbocycles. The topological polar surface area (TPSA) is 67.8 Å². The number of rotatable bonds is 9. The normalized spacial score (nSPS) is 16.9. The lowest BCUT2D eigenvalue weighted by Gasteiger charge is -2.49. The van der Waals surface area contributed by atoms with E-state index in [1.807, 2.05) is 22.6 Å². The molecule has 2 aromatic rings. The van der Waals surface area contributed by atoms with Gasteiger partial charge in [-0.2, -0.15) is 0 Å². The zero-order chi connectivity index (χ0) is 22.8. The fourth-order valence-corrected chi connectivity index (χ4v) is 4.19. The fraction of sp³-hybridized carbons (Fsp3) is 0.455. The second-order valence-electron chi connectivity index (χ2n) is 7.97. The maximum absolute atomic E-state index is 14.6. The second-order valence-corrected chi connectivity index (χ2v) is 9.22. The van der Waals surface area contributed by atoms with Crippen LogP contribution in [0.2, 0.25) is 0 Å². The number of hydrogen-bond donors (Lipinski definition) is 4. The van der Waals surface area contributed by atoms with Gasteiger partial charge in [-0.3, -0.25) is 4.90 Å². The second kappa shape index (κ2) is 10.0. The SMILES string of the molecule is CCC(CC)NCC1(O)CN(C(O)c2ccc(F)c(F)c2Nc2ccc(I)cc2F)C1. The number of β-amino-alcohol motifs (C(OH)–C–C–N with tert-alkyl or cyclic N) is 1. The van der Waals surface area contributed by atoms with Gasteiger partial charge >= 0.3 is 0 Å². The van der Waals surface area contributed by atoms with Crippen molar-refractivity contribution in [1.82, 2.24) is 10.2 Å². The van der Waals surface area contributed by atoms with Crippen LogP contribution in [0.25, 0.3) is 0 Å². The molecule has 9 heteroatoms. The van der Waals surface area contributed by atoms with Crippen molar-refractivity contribution in [2.45, 2.75) is 44.6 Å². The van der Waals surface area contributed by atoms with Gasteiger partial charge in [0.25, 0.3) is 0 Å². The smallest absolute Gasteiger partial charge is 0.182 e. The molecule has 0 bridgehead atoms. The van der Waals surface area contributed by atoms with Crippen LogP contribution in [0.4, 0.5) is 24.5 Å². The van der Waals surface area contributed by atoms with E-state index in [0.717, 1.165) is 18.9 Å². The van der Waals surface area contributed by atoms with E-state index in [9.17, 15) is 23.4 Å². The van der Waals surface area contributed by atoms with Crippen LogP contribution in [0.15, 0.2) is 30.3 Å². The molecule has 1 unspecified atom stereocenters. The molecule has 1 aliphatic heterocycles. The van der Waals surface area contributed by atoms with Gasteiger partial charge < -0.3 is 20.8 Å². The predicted molar refractivity (Wildman–Crippen MR) is 123 cm³/mol. The number of hydrogen-bond acceptors (Lipinski definition) is 5. The molecule has 1 heterocycles. The summed E-state index contributed by atoms with van der Waals surface area (Å²) < 4.78 is 43.4. The molecule has 1 atom stereocenters. The Morgan fingerprint density at radius 2 is 1.77 bits per heavy atom. The van der Waals surface area contributed by atoms with E-state index in [-0.39, 0.29) is 30.0 Å².